The third kappa shape index (κ3) is 1.28. The van der Waals surface area contributed by atoms with Gasteiger partial charge in [0.15, 0.2) is 0 Å². The van der Waals surface area contributed by atoms with Crippen LogP contribution in [0.4, 0.5) is 0 Å². The minimum atomic E-state index is 0.202. The monoisotopic (exact) mass is 192 g/mol. The molecule has 76 valence electrons. The molecule has 1 aromatic heterocycles. The Bertz CT molecular complexity index is 349. The van der Waals surface area contributed by atoms with Crippen molar-refractivity contribution in [2.45, 2.75) is 25.8 Å². The van der Waals surface area contributed by atoms with Gasteiger partial charge in [0.2, 0.25) is 0 Å². The molecule has 0 radical (unpaired) electrons. The third-order valence-corrected chi connectivity index (χ3v) is 3.24. The van der Waals surface area contributed by atoms with Gasteiger partial charge in [-0.3, -0.25) is 4.98 Å². The smallest absolute Gasteiger partial charge is 0.137 e. The highest BCUT2D eigenvalue weighted by molar-refractivity contribution is 5.36. The van der Waals surface area contributed by atoms with Crippen molar-refractivity contribution in [3.8, 4) is 5.75 Å². The maximum atomic E-state index is 6.00. The van der Waals surface area contributed by atoms with Crippen molar-refractivity contribution in [2.24, 2.45) is 11.1 Å². The van der Waals surface area contributed by atoms with Crippen molar-refractivity contribution in [1.29, 1.82) is 0 Å². The fourth-order valence-corrected chi connectivity index (χ4v) is 2.03. The third-order valence-electron chi connectivity index (χ3n) is 3.24. The summed E-state index contributed by atoms with van der Waals surface area (Å²) >= 11 is 0. The predicted octanol–water partition coefficient (Wildman–Crippen LogP) is 1.54. The largest absolute Gasteiger partial charge is 0.495 e. The minimum Gasteiger partial charge on any atom is -0.495 e. The Morgan fingerprint density at radius 3 is 2.57 bits per heavy atom. The summed E-state index contributed by atoms with van der Waals surface area (Å²) in [4.78, 5) is 4.14. The summed E-state index contributed by atoms with van der Waals surface area (Å²) in [5, 5.41) is 0. The minimum absolute atomic E-state index is 0.202. The molecule has 1 aliphatic rings. The zero-order valence-electron chi connectivity index (χ0n) is 8.82. The molecule has 0 amide bonds. The average molecular weight is 192 g/mol. The Hall–Kier alpha value is -1.09. The molecular formula is C11H16N2O. The van der Waals surface area contributed by atoms with E-state index in [-0.39, 0.29) is 11.5 Å². The molecule has 14 heavy (non-hydrogen) atoms. The molecule has 3 nitrogen and oxygen atoms in total. The van der Waals surface area contributed by atoms with E-state index in [9.17, 15) is 0 Å². The van der Waals surface area contributed by atoms with Gasteiger partial charge in [-0.1, -0.05) is 13.8 Å². The van der Waals surface area contributed by atoms with Crippen molar-refractivity contribution in [2.75, 3.05) is 7.11 Å². The second kappa shape index (κ2) is 2.95. The normalized spacial score (nSPS) is 28.6. The summed E-state index contributed by atoms with van der Waals surface area (Å²) in [6.45, 7) is 4.36. The Morgan fingerprint density at radius 1 is 1.43 bits per heavy atom. The van der Waals surface area contributed by atoms with E-state index in [4.69, 9.17) is 10.5 Å². The number of nitrogens with two attached hydrogens (primary N) is 1. The lowest BCUT2D eigenvalue weighted by atomic mass is 10.0. The Morgan fingerprint density at radius 2 is 2.07 bits per heavy atom. The summed E-state index contributed by atoms with van der Waals surface area (Å²) in [6, 6.07) is 2.27. The topological polar surface area (TPSA) is 48.1 Å². The van der Waals surface area contributed by atoms with Crippen LogP contribution in [0.1, 0.15) is 25.3 Å². The predicted molar refractivity (Wildman–Crippen MR) is 55.3 cm³/mol. The van der Waals surface area contributed by atoms with Crippen molar-refractivity contribution >= 4 is 0 Å². The lowest BCUT2D eigenvalue weighted by molar-refractivity contribution is 0.412. The van der Waals surface area contributed by atoms with E-state index in [1.165, 1.54) is 5.56 Å². The van der Waals surface area contributed by atoms with Crippen molar-refractivity contribution in [1.82, 2.24) is 4.98 Å². The maximum Gasteiger partial charge on any atom is 0.137 e. The van der Waals surface area contributed by atoms with Gasteiger partial charge in [0.05, 0.1) is 13.3 Å². The van der Waals surface area contributed by atoms with Crippen LogP contribution < -0.4 is 10.5 Å². The van der Waals surface area contributed by atoms with E-state index in [0.29, 0.717) is 5.92 Å². The second-order valence-electron chi connectivity index (χ2n) is 4.48. The highest BCUT2D eigenvalue weighted by Gasteiger charge is 2.56. The summed E-state index contributed by atoms with van der Waals surface area (Å²) < 4.78 is 5.13. The molecule has 1 heterocycles. The highest BCUT2D eigenvalue weighted by Crippen LogP contribution is 2.57. The lowest BCUT2D eigenvalue weighted by Gasteiger charge is -2.04. The van der Waals surface area contributed by atoms with Crippen LogP contribution in [0.25, 0.3) is 0 Å². The van der Waals surface area contributed by atoms with E-state index in [1.807, 2.05) is 12.3 Å². The maximum absolute atomic E-state index is 6.00. The number of hydrogen-bond donors (Lipinski definition) is 1. The molecule has 3 heteroatoms. The Labute approximate surface area is 84.3 Å². The lowest BCUT2D eigenvalue weighted by Crippen LogP contribution is -2.06. The summed E-state index contributed by atoms with van der Waals surface area (Å²) in [7, 11) is 1.65. The zero-order chi connectivity index (χ0) is 10.3. The molecule has 0 bridgehead atoms. The molecule has 0 spiro atoms. The number of hydrogen-bond acceptors (Lipinski definition) is 3. The van der Waals surface area contributed by atoms with Crippen LogP contribution in [0.3, 0.4) is 0 Å². The van der Waals surface area contributed by atoms with E-state index in [0.717, 1.165) is 5.75 Å². The highest BCUT2D eigenvalue weighted by atomic mass is 16.5. The van der Waals surface area contributed by atoms with Crippen molar-refractivity contribution in [3.63, 3.8) is 0 Å². The Balaban J connectivity index is 2.26. The van der Waals surface area contributed by atoms with Gasteiger partial charge >= 0.3 is 0 Å². The van der Waals surface area contributed by atoms with Crippen LogP contribution in [-0.2, 0) is 0 Å². The van der Waals surface area contributed by atoms with E-state index in [2.05, 4.69) is 18.8 Å². The molecule has 0 unspecified atom stereocenters. The number of pyridine rings is 1. The number of nitrogens with zero attached hydrogens (tertiary/aromatic N) is 1. The molecule has 1 fully saturated rings. The summed E-state index contributed by atoms with van der Waals surface area (Å²) in [6.07, 6.45) is 3.59. The molecule has 0 aromatic carbocycles. The SMILES string of the molecule is COc1cncc([C@H]2[C@H](N)C2(C)C)c1. The van der Waals surface area contributed by atoms with Crippen LogP contribution in [0, 0.1) is 5.41 Å². The molecule has 1 aromatic rings. The second-order valence-corrected chi connectivity index (χ2v) is 4.48. The fourth-order valence-electron chi connectivity index (χ4n) is 2.03. The van der Waals surface area contributed by atoms with Crippen LogP contribution >= 0.6 is 0 Å². The quantitative estimate of drug-likeness (QED) is 0.773. The van der Waals surface area contributed by atoms with Gasteiger partial charge in [-0.05, 0) is 17.0 Å². The molecule has 1 aliphatic carbocycles. The van der Waals surface area contributed by atoms with Crippen LogP contribution in [-0.4, -0.2) is 18.1 Å². The first kappa shape index (κ1) is 9.46. The first-order valence-electron chi connectivity index (χ1n) is 4.82. The van der Waals surface area contributed by atoms with E-state index in [1.54, 1.807) is 13.3 Å². The molecular weight excluding hydrogens is 176 g/mol. The standard InChI is InChI=1S/C11H16N2O/c1-11(2)9(10(11)12)7-4-8(14-3)6-13-5-7/h4-6,9-10H,12H2,1-3H3/t9-,10-/m0/s1. The van der Waals surface area contributed by atoms with Gasteiger partial charge < -0.3 is 10.5 Å². The Kier molecular flexibility index (Phi) is 2.00. The molecule has 2 atom stereocenters. The number of ether oxygens (including phenoxy) is 1. The molecule has 1 saturated carbocycles. The van der Waals surface area contributed by atoms with Crippen molar-refractivity contribution in [3.05, 3.63) is 24.0 Å². The molecule has 2 rings (SSSR count). The first-order valence-corrected chi connectivity index (χ1v) is 4.82. The van der Waals surface area contributed by atoms with Crippen LogP contribution in [0.5, 0.6) is 5.75 Å². The van der Waals surface area contributed by atoms with Crippen LogP contribution in [0.2, 0.25) is 0 Å². The van der Waals surface area contributed by atoms with Gasteiger partial charge in [-0.15, -0.1) is 0 Å². The zero-order valence-corrected chi connectivity index (χ0v) is 8.82. The molecule has 2 N–H and O–H groups in total. The van der Waals surface area contributed by atoms with E-state index < -0.39 is 0 Å². The van der Waals surface area contributed by atoms with Crippen molar-refractivity contribution < 1.29 is 4.74 Å². The fraction of sp³-hybridized carbons (Fsp3) is 0.545. The average Bonchev–Trinajstić information content (AvgIpc) is 2.66. The molecule has 0 saturated heterocycles. The van der Waals surface area contributed by atoms with Gasteiger partial charge in [0, 0.05) is 18.2 Å². The summed E-state index contributed by atoms with van der Waals surface area (Å²) in [5.74, 6) is 1.22. The number of methoxy groups -OCH3 is 1. The van der Waals surface area contributed by atoms with E-state index >= 15 is 0 Å². The number of aromatic nitrogens is 1. The van der Waals surface area contributed by atoms with Gasteiger partial charge in [-0.2, -0.15) is 0 Å². The van der Waals surface area contributed by atoms with Gasteiger partial charge in [0.1, 0.15) is 5.75 Å². The molecule has 0 aliphatic heterocycles. The first-order chi connectivity index (χ1) is 6.57. The van der Waals surface area contributed by atoms with Crippen LogP contribution in [0.15, 0.2) is 18.5 Å². The number of rotatable bonds is 2. The van der Waals surface area contributed by atoms with Gasteiger partial charge in [-0.25, -0.2) is 0 Å². The van der Waals surface area contributed by atoms with Gasteiger partial charge in [0.25, 0.3) is 0 Å². The summed E-state index contributed by atoms with van der Waals surface area (Å²) in [5.41, 5.74) is 7.38.